The number of halogens is 1. The van der Waals surface area contributed by atoms with Crippen molar-refractivity contribution in [2.45, 2.75) is 18.1 Å². The highest BCUT2D eigenvalue weighted by molar-refractivity contribution is 9.10. The lowest BCUT2D eigenvalue weighted by Crippen LogP contribution is -2.27. The molecular formula is C13H18BrNOS. The van der Waals surface area contributed by atoms with E-state index in [1.165, 1.54) is 18.6 Å². The van der Waals surface area contributed by atoms with Gasteiger partial charge in [-0.25, -0.2) is 0 Å². The van der Waals surface area contributed by atoms with Crippen LogP contribution in [0.1, 0.15) is 12.8 Å². The molecule has 0 spiro atoms. The topological polar surface area (TPSA) is 21.3 Å². The molecule has 17 heavy (non-hydrogen) atoms. The molecule has 4 heteroatoms. The molecule has 0 radical (unpaired) electrons. The summed E-state index contributed by atoms with van der Waals surface area (Å²) in [5, 5.41) is 4.28. The molecule has 0 aliphatic carbocycles. The van der Waals surface area contributed by atoms with E-state index >= 15 is 0 Å². The monoisotopic (exact) mass is 315 g/mol. The third kappa shape index (κ3) is 4.90. The van der Waals surface area contributed by atoms with Gasteiger partial charge in [-0.1, -0.05) is 15.9 Å². The van der Waals surface area contributed by atoms with Crippen molar-refractivity contribution in [2.75, 3.05) is 25.4 Å². The Morgan fingerprint density at radius 3 is 2.88 bits per heavy atom. The molecular weight excluding hydrogens is 298 g/mol. The fourth-order valence-corrected chi connectivity index (χ4v) is 3.34. The second-order valence-corrected chi connectivity index (χ2v) is 6.47. The molecule has 0 aromatic heterocycles. The van der Waals surface area contributed by atoms with Gasteiger partial charge in [-0.15, -0.1) is 0 Å². The predicted molar refractivity (Wildman–Crippen MR) is 78.0 cm³/mol. The SMILES string of the molecule is Brc1ccc(OCCNCC2CCCS2)cc1. The minimum Gasteiger partial charge on any atom is -0.492 e. The third-order valence-corrected chi connectivity index (χ3v) is 4.68. The van der Waals surface area contributed by atoms with Gasteiger partial charge < -0.3 is 10.1 Å². The second kappa shape index (κ2) is 7.29. The summed E-state index contributed by atoms with van der Waals surface area (Å²) in [6.45, 7) is 2.78. The van der Waals surface area contributed by atoms with Gasteiger partial charge in [0, 0.05) is 22.8 Å². The van der Waals surface area contributed by atoms with Crippen molar-refractivity contribution < 1.29 is 4.74 Å². The largest absolute Gasteiger partial charge is 0.492 e. The van der Waals surface area contributed by atoms with Crippen LogP contribution in [0.25, 0.3) is 0 Å². The highest BCUT2D eigenvalue weighted by Crippen LogP contribution is 2.25. The quantitative estimate of drug-likeness (QED) is 0.814. The number of nitrogens with one attached hydrogen (secondary N) is 1. The summed E-state index contributed by atoms with van der Waals surface area (Å²) in [7, 11) is 0. The van der Waals surface area contributed by atoms with E-state index in [2.05, 4.69) is 33.0 Å². The van der Waals surface area contributed by atoms with Crippen molar-refractivity contribution >= 4 is 27.7 Å². The number of rotatable bonds is 6. The molecule has 1 atom stereocenters. The minimum absolute atomic E-state index is 0.735. The smallest absolute Gasteiger partial charge is 0.119 e. The number of hydrogen-bond donors (Lipinski definition) is 1. The van der Waals surface area contributed by atoms with Crippen LogP contribution < -0.4 is 10.1 Å². The molecule has 2 rings (SSSR count). The molecule has 1 aliphatic heterocycles. The fourth-order valence-electron chi connectivity index (χ4n) is 1.84. The molecule has 0 amide bonds. The van der Waals surface area contributed by atoms with E-state index in [1.807, 2.05) is 24.3 Å². The molecule has 1 aliphatic rings. The Morgan fingerprint density at radius 2 is 2.18 bits per heavy atom. The summed E-state index contributed by atoms with van der Waals surface area (Å²) in [6, 6.07) is 7.96. The average molecular weight is 316 g/mol. The predicted octanol–water partition coefficient (Wildman–Crippen LogP) is 3.31. The summed E-state index contributed by atoms with van der Waals surface area (Å²) in [5.41, 5.74) is 0. The molecule has 0 saturated carbocycles. The van der Waals surface area contributed by atoms with Crippen LogP contribution in [0.2, 0.25) is 0 Å². The van der Waals surface area contributed by atoms with Gasteiger partial charge in [-0.05, 0) is 42.9 Å². The van der Waals surface area contributed by atoms with Gasteiger partial charge >= 0.3 is 0 Å². The Labute approximate surface area is 116 Å². The first-order valence-electron chi connectivity index (χ1n) is 6.05. The fraction of sp³-hybridized carbons (Fsp3) is 0.538. The van der Waals surface area contributed by atoms with E-state index in [0.717, 1.165) is 35.2 Å². The van der Waals surface area contributed by atoms with Crippen molar-refractivity contribution in [3.8, 4) is 5.75 Å². The van der Waals surface area contributed by atoms with Gasteiger partial charge in [0.1, 0.15) is 12.4 Å². The summed E-state index contributed by atoms with van der Waals surface area (Å²) in [6.07, 6.45) is 2.75. The number of thioether (sulfide) groups is 1. The van der Waals surface area contributed by atoms with Crippen molar-refractivity contribution in [1.29, 1.82) is 0 Å². The maximum atomic E-state index is 5.64. The van der Waals surface area contributed by atoms with Crippen LogP contribution in [0.4, 0.5) is 0 Å². The number of hydrogen-bond acceptors (Lipinski definition) is 3. The summed E-state index contributed by atoms with van der Waals surface area (Å²) in [5.74, 6) is 2.27. The van der Waals surface area contributed by atoms with Crippen LogP contribution in [0.3, 0.4) is 0 Å². The lowest BCUT2D eigenvalue weighted by molar-refractivity contribution is 0.314. The van der Waals surface area contributed by atoms with E-state index in [9.17, 15) is 0 Å². The van der Waals surface area contributed by atoms with E-state index < -0.39 is 0 Å². The van der Waals surface area contributed by atoms with Crippen LogP contribution in [-0.4, -0.2) is 30.7 Å². The van der Waals surface area contributed by atoms with Gasteiger partial charge in [-0.2, -0.15) is 11.8 Å². The van der Waals surface area contributed by atoms with E-state index in [4.69, 9.17) is 4.74 Å². The average Bonchev–Trinajstić information content (AvgIpc) is 2.84. The Hall–Kier alpha value is -0.190. The van der Waals surface area contributed by atoms with Crippen molar-refractivity contribution in [2.24, 2.45) is 0 Å². The van der Waals surface area contributed by atoms with Crippen molar-refractivity contribution in [1.82, 2.24) is 5.32 Å². The molecule has 1 saturated heterocycles. The van der Waals surface area contributed by atoms with Crippen molar-refractivity contribution in [3.63, 3.8) is 0 Å². The third-order valence-electron chi connectivity index (χ3n) is 2.76. The number of benzene rings is 1. The van der Waals surface area contributed by atoms with Gasteiger partial charge in [-0.3, -0.25) is 0 Å². The lowest BCUT2D eigenvalue weighted by Gasteiger charge is -2.10. The molecule has 1 aromatic carbocycles. The molecule has 0 bridgehead atoms. The Kier molecular flexibility index (Phi) is 5.68. The van der Waals surface area contributed by atoms with E-state index in [1.54, 1.807) is 0 Å². The van der Waals surface area contributed by atoms with Gasteiger partial charge in [0.25, 0.3) is 0 Å². The highest BCUT2D eigenvalue weighted by Gasteiger charge is 2.14. The Morgan fingerprint density at radius 1 is 1.35 bits per heavy atom. The lowest BCUT2D eigenvalue weighted by atomic mass is 10.2. The maximum Gasteiger partial charge on any atom is 0.119 e. The van der Waals surface area contributed by atoms with Crippen molar-refractivity contribution in [3.05, 3.63) is 28.7 Å². The first-order chi connectivity index (χ1) is 8.34. The zero-order chi connectivity index (χ0) is 11.9. The van der Waals surface area contributed by atoms with Crippen LogP contribution in [0.15, 0.2) is 28.7 Å². The molecule has 1 aromatic rings. The Bertz CT molecular complexity index is 325. The molecule has 1 fully saturated rings. The van der Waals surface area contributed by atoms with Crippen LogP contribution in [0, 0.1) is 0 Å². The maximum absolute atomic E-state index is 5.64. The first kappa shape index (κ1) is 13.2. The molecule has 2 nitrogen and oxygen atoms in total. The van der Waals surface area contributed by atoms with Gasteiger partial charge in [0.15, 0.2) is 0 Å². The zero-order valence-electron chi connectivity index (χ0n) is 9.82. The normalized spacial score (nSPS) is 19.5. The molecule has 94 valence electrons. The Balaban J connectivity index is 1.55. The summed E-state index contributed by atoms with van der Waals surface area (Å²) < 4.78 is 6.72. The molecule has 1 unspecified atom stereocenters. The summed E-state index contributed by atoms with van der Waals surface area (Å²) >= 11 is 5.50. The van der Waals surface area contributed by atoms with Crippen LogP contribution in [-0.2, 0) is 0 Å². The highest BCUT2D eigenvalue weighted by atomic mass is 79.9. The van der Waals surface area contributed by atoms with Gasteiger partial charge in [0.05, 0.1) is 0 Å². The van der Waals surface area contributed by atoms with Crippen LogP contribution >= 0.6 is 27.7 Å². The first-order valence-corrected chi connectivity index (χ1v) is 7.89. The second-order valence-electron chi connectivity index (χ2n) is 4.14. The summed E-state index contributed by atoms with van der Waals surface area (Å²) in [4.78, 5) is 0. The van der Waals surface area contributed by atoms with E-state index in [-0.39, 0.29) is 0 Å². The number of ether oxygens (including phenoxy) is 1. The molecule has 1 N–H and O–H groups in total. The standard InChI is InChI=1S/C13H18BrNOS/c14-11-3-5-12(6-4-11)16-8-7-15-10-13-2-1-9-17-13/h3-6,13,15H,1-2,7-10H2. The molecule has 1 heterocycles. The van der Waals surface area contributed by atoms with Gasteiger partial charge in [0.2, 0.25) is 0 Å². The van der Waals surface area contributed by atoms with E-state index in [0.29, 0.717) is 0 Å². The van der Waals surface area contributed by atoms with Crippen LogP contribution in [0.5, 0.6) is 5.75 Å². The zero-order valence-corrected chi connectivity index (χ0v) is 12.2. The minimum atomic E-state index is 0.735.